The van der Waals surface area contributed by atoms with Gasteiger partial charge in [0.1, 0.15) is 0 Å². The molecule has 4 nitrogen and oxygen atoms in total. The number of carbonyl (C=O) groups excluding carboxylic acids is 1. The van der Waals surface area contributed by atoms with Crippen molar-refractivity contribution < 1.29 is 9.90 Å². The van der Waals surface area contributed by atoms with Gasteiger partial charge in [-0.2, -0.15) is 11.8 Å². The number of carbonyl (C=O) groups is 1. The molecule has 1 heterocycles. The summed E-state index contributed by atoms with van der Waals surface area (Å²) in [5, 5.41) is 13.2. The van der Waals surface area contributed by atoms with E-state index in [9.17, 15) is 9.90 Å². The lowest BCUT2D eigenvalue weighted by Gasteiger charge is -2.21. The molecule has 1 amide bonds. The number of anilines is 1. The standard InChI is InChI=1S/C15H22N2O2S/c1-11-4-5-12(9-17(2)3)8-13(11)16-14(18)15(19)6-7-20-10-15/h4-5,8,19H,6-7,9-10H2,1-3H3,(H,16,18). The molecule has 1 aliphatic heterocycles. The van der Waals surface area contributed by atoms with Crippen molar-refractivity contribution in [3.63, 3.8) is 0 Å². The molecule has 110 valence electrons. The van der Waals surface area contributed by atoms with Crippen LogP contribution in [0.1, 0.15) is 17.5 Å². The Morgan fingerprint density at radius 1 is 1.50 bits per heavy atom. The highest BCUT2D eigenvalue weighted by Crippen LogP contribution is 2.29. The van der Waals surface area contributed by atoms with E-state index in [4.69, 9.17) is 0 Å². The van der Waals surface area contributed by atoms with Crippen LogP contribution in [0.3, 0.4) is 0 Å². The van der Waals surface area contributed by atoms with E-state index in [1.54, 1.807) is 11.8 Å². The van der Waals surface area contributed by atoms with Crippen LogP contribution < -0.4 is 5.32 Å². The second kappa shape index (κ2) is 6.16. The molecular weight excluding hydrogens is 272 g/mol. The summed E-state index contributed by atoms with van der Waals surface area (Å²) in [6.45, 7) is 2.78. The summed E-state index contributed by atoms with van der Waals surface area (Å²) in [6, 6.07) is 6.05. The fourth-order valence-corrected chi connectivity index (χ4v) is 3.48. The summed E-state index contributed by atoms with van der Waals surface area (Å²) >= 11 is 1.62. The number of nitrogens with zero attached hydrogens (tertiary/aromatic N) is 1. The lowest BCUT2D eigenvalue weighted by atomic mass is 10.0. The van der Waals surface area contributed by atoms with Gasteiger partial charge < -0.3 is 15.3 Å². The third-order valence-corrected chi connectivity index (χ3v) is 4.65. The van der Waals surface area contributed by atoms with Crippen molar-refractivity contribution in [3.05, 3.63) is 29.3 Å². The second-order valence-corrected chi connectivity index (χ2v) is 6.78. The number of aliphatic hydroxyl groups is 1. The highest BCUT2D eigenvalue weighted by atomic mass is 32.2. The first-order valence-corrected chi connectivity index (χ1v) is 7.92. The predicted octanol–water partition coefficient (Wildman–Crippen LogP) is 1.86. The summed E-state index contributed by atoms with van der Waals surface area (Å²) in [4.78, 5) is 14.3. The zero-order chi connectivity index (χ0) is 14.8. The van der Waals surface area contributed by atoms with Gasteiger partial charge >= 0.3 is 0 Å². The quantitative estimate of drug-likeness (QED) is 0.890. The minimum atomic E-state index is -1.21. The SMILES string of the molecule is Cc1ccc(CN(C)C)cc1NC(=O)C1(O)CCSC1. The highest BCUT2D eigenvalue weighted by molar-refractivity contribution is 7.99. The molecule has 0 bridgehead atoms. The van der Waals surface area contributed by atoms with Crippen LogP contribution in [0, 0.1) is 6.92 Å². The Labute approximate surface area is 124 Å². The molecule has 1 atom stereocenters. The maximum atomic E-state index is 12.2. The average molecular weight is 294 g/mol. The number of nitrogens with one attached hydrogen (secondary N) is 1. The number of thioether (sulfide) groups is 1. The molecule has 1 fully saturated rings. The van der Waals surface area contributed by atoms with E-state index < -0.39 is 5.60 Å². The Bertz CT molecular complexity index is 497. The minimum absolute atomic E-state index is 0.285. The number of hydrogen-bond donors (Lipinski definition) is 2. The summed E-state index contributed by atoms with van der Waals surface area (Å²) in [6.07, 6.45) is 0.528. The highest BCUT2D eigenvalue weighted by Gasteiger charge is 2.39. The Morgan fingerprint density at radius 2 is 2.25 bits per heavy atom. The summed E-state index contributed by atoms with van der Waals surface area (Å²) in [5.74, 6) is 1.03. The molecule has 0 aliphatic carbocycles. The van der Waals surface area contributed by atoms with Gasteiger partial charge in [-0.15, -0.1) is 0 Å². The number of amides is 1. The molecule has 1 aromatic carbocycles. The van der Waals surface area contributed by atoms with E-state index in [0.29, 0.717) is 12.2 Å². The average Bonchev–Trinajstić information content (AvgIpc) is 2.81. The van der Waals surface area contributed by atoms with Crippen molar-refractivity contribution in [2.24, 2.45) is 0 Å². The molecule has 1 saturated heterocycles. The number of benzene rings is 1. The molecule has 0 aromatic heterocycles. The third-order valence-electron chi connectivity index (χ3n) is 3.47. The maximum absolute atomic E-state index is 12.2. The smallest absolute Gasteiger partial charge is 0.257 e. The topological polar surface area (TPSA) is 52.6 Å². The molecule has 2 rings (SSSR count). The molecule has 1 unspecified atom stereocenters. The van der Waals surface area contributed by atoms with Crippen molar-refractivity contribution in [1.29, 1.82) is 0 Å². The monoisotopic (exact) mass is 294 g/mol. The lowest BCUT2D eigenvalue weighted by molar-refractivity contribution is -0.131. The Morgan fingerprint density at radius 3 is 2.85 bits per heavy atom. The van der Waals surface area contributed by atoms with Crippen LogP contribution in [0.4, 0.5) is 5.69 Å². The third kappa shape index (κ3) is 3.53. The van der Waals surface area contributed by atoms with Crippen molar-refractivity contribution >= 4 is 23.4 Å². The molecule has 0 spiro atoms. The molecular formula is C15H22N2O2S. The summed E-state index contributed by atoms with van der Waals surface area (Å²) < 4.78 is 0. The van der Waals surface area contributed by atoms with Gasteiger partial charge in [-0.05, 0) is 50.4 Å². The number of hydrogen-bond acceptors (Lipinski definition) is 4. The first kappa shape index (κ1) is 15.4. The van der Waals surface area contributed by atoms with E-state index in [1.807, 2.05) is 33.2 Å². The lowest BCUT2D eigenvalue weighted by Crippen LogP contribution is -2.43. The number of rotatable bonds is 4. The van der Waals surface area contributed by atoms with E-state index in [-0.39, 0.29) is 5.91 Å². The summed E-state index contributed by atoms with van der Waals surface area (Å²) in [5.41, 5.74) is 1.73. The predicted molar refractivity (Wildman–Crippen MR) is 84.1 cm³/mol. The van der Waals surface area contributed by atoms with Crippen LogP contribution in [0.15, 0.2) is 18.2 Å². The normalized spacial score (nSPS) is 22.2. The van der Waals surface area contributed by atoms with Gasteiger partial charge in [-0.25, -0.2) is 0 Å². The Kier molecular flexibility index (Phi) is 4.73. The second-order valence-electron chi connectivity index (χ2n) is 5.68. The number of aryl methyl sites for hydroxylation is 1. The molecule has 20 heavy (non-hydrogen) atoms. The van der Waals surface area contributed by atoms with Crippen LogP contribution in [0.25, 0.3) is 0 Å². The molecule has 0 saturated carbocycles. The van der Waals surface area contributed by atoms with Crippen LogP contribution in [0.2, 0.25) is 0 Å². The zero-order valence-corrected chi connectivity index (χ0v) is 13.1. The maximum Gasteiger partial charge on any atom is 0.257 e. The van der Waals surface area contributed by atoms with E-state index in [0.717, 1.165) is 29.1 Å². The van der Waals surface area contributed by atoms with E-state index in [1.165, 1.54) is 0 Å². The van der Waals surface area contributed by atoms with Crippen molar-refractivity contribution in [2.75, 3.05) is 30.9 Å². The van der Waals surface area contributed by atoms with Crippen LogP contribution in [0.5, 0.6) is 0 Å². The van der Waals surface area contributed by atoms with Crippen molar-refractivity contribution in [3.8, 4) is 0 Å². The van der Waals surface area contributed by atoms with Crippen LogP contribution >= 0.6 is 11.8 Å². The van der Waals surface area contributed by atoms with Crippen molar-refractivity contribution in [2.45, 2.75) is 25.5 Å². The van der Waals surface area contributed by atoms with Gasteiger partial charge in [0.05, 0.1) is 0 Å². The molecule has 5 heteroatoms. The van der Waals surface area contributed by atoms with Gasteiger partial charge in [0.25, 0.3) is 5.91 Å². The van der Waals surface area contributed by atoms with Gasteiger partial charge in [0, 0.05) is 18.0 Å². The fraction of sp³-hybridized carbons (Fsp3) is 0.533. The van der Waals surface area contributed by atoms with E-state index in [2.05, 4.69) is 16.3 Å². The van der Waals surface area contributed by atoms with E-state index >= 15 is 0 Å². The first-order chi connectivity index (χ1) is 9.40. The molecule has 2 N–H and O–H groups in total. The first-order valence-electron chi connectivity index (χ1n) is 6.76. The minimum Gasteiger partial charge on any atom is -0.379 e. The Balaban J connectivity index is 2.13. The molecule has 1 aromatic rings. The van der Waals surface area contributed by atoms with Crippen LogP contribution in [-0.2, 0) is 11.3 Å². The molecule has 0 radical (unpaired) electrons. The van der Waals surface area contributed by atoms with Crippen molar-refractivity contribution in [1.82, 2.24) is 4.90 Å². The largest absolute Gasteiger partial charge is 0.379 e. The van der Waals surface area contributed by atoms with Gasteiger partial charge in [-0.3, -0.25) is 4.79 Å². The Hall–Kier alpha value is -1.04. The van der Waals surface area contributed by atoms with Gasteiger partial charge in [-0.1, -0.05) is 12.1 Å². The summed E-state index contributed by atoms with van der Waals surface area (Å²) in [7, 11) is 4.02. The fourth-order valence-electron chi connectivity index (χ4n) is 2.24. The van der Waals surface area contributed by atoms with Gasteiger partial charge in [0.2, 0.25) is 0 Å². The zero-order valence-electron chi connectivity index (χ0n) is 12.3. The molecule has 1 aliphatic rings. The van der Waals surface area contributed by atoms with Crippen LogP contribution in [-0.4, -0.2) is 47.1 Å². The van der Waals surface area contributed by atoms with Gasteiger partial charge in [0.15, 0.2) is 5.60 Å².